The van der Waals surface area contributed by atoms with Crippen molar-refractivity contribution < 1.29 is 19.2 Å². The van der Waals surface area contributed by atoms with Crippen molar-refractivity contribution in [2.45, 2.75) is 19.4 Å². The lowest BCUT2D eigenvalue weighted by molar-refractivity contribution is 0.296. The summed E-state index contributed by atoms with van der Waals surface area (Å²) in [5.74, 6) is -0.527. The van der Waals surface area contributed by atoms with Gasteiger partial charge in [0.15, 0.2) is 11.6 Å². The van der Waals surface area contributed by atoms with Crippen LogP contribution < -0.4 is 10.5 Å². The van der Waals surface area contributed by atoms with Gasteiger partial charge in [0.05, 0.1) is 0 Å². The smallest absolute Gasteiger partial charge is 0.491 e. The van der Waals surface area contributed by atoms with E-state index in [1.165, 1.54) is 12.1 Å². The van der Waals surface area contributed by atoms with Gasteiger partial charge in [-0.1, -0.05) is 6.07 Å². The summed E-state index contributed by atoms with van der Waals surface area (Å²) in [6, 6.07) is 4.45. The molecule has 88 valence electrons. The van der Waals surface area contributed by atoms with E-state index in [2.05, 4.69) is 0 Å². The Morgan fingerprint density at radius 2 is 2.19 bits per heavy atom. The zero-order chi connectivity index (χ0) is 12.1. The van der Waals surface area contributed by atoms with Gasteiger partial charge in [-0.05, 0) is 31.0 Å². The number of hydrogen-bond donors (Lipinski definition) is 3. The third kappa shape index (κ3) is 4.18. The van der Waals surface area contributed by atoms with E-state index in [0.717, 1.165) is 5.56 Å². The standard InChI is InChI=1S/C10H15BFNO3/c1-7(13)4-8-2-3-10(9(12)5-8)16-6-11(14)15/h2-3,5,7,14-15H,4,6,13H2,1H3/t7-/m1/s1. The Balaban J connectivity index is 2.67. The second kappa shape index (κ2) is 5.84. The fraction of sp³-hybridized carbons (Fsp3) is 0.400. The van der Waals surface area contributed by atoms with E-state index in [1.807, 2.05) is 6.92 Å². The van der Waals surface area contributed by atoms with Gasteiger partial charge in [-0.2, -0.15) is 0 Å². The monoisotopic (exact) mass is 227 g/mol. The van der Waals surface area contributed by atoms with Gasteiger partial charge in [-0.25, -0.2) is 4.39 Å². The summed E-state index contributed by atoms with van der Waals surface area (Å²) >= 11 is 0. The largest absolute Gasteiger partial charge is 0.493 e. The molecule has 0 fully saturated rings. The normalized spacial score (nSPS) is 12.3. The number of ether oxygens (including phenoxy) is 1. The van der Waals surface area contributed by atoms with Gasteiger partial charge in [0.1, 0.15) is 6.51 Å². The maximum Gasteiger partial charge on any atom is 0.491 e. The molecule has 6 heteroatoms. The molecule has 0 unspecified atom stereocenters. The first-order valence-electron chi connectivity index (χ1n) is 5.02. The summed E-state index contributed by atoms with van der Waals surface area (Å²) in [7, 11) is -1.61. The molecular formula is C10H15BFNO3. The summed E-state index contributed by atoms with van der Waals surface area (Å²) in [5, 5.41) is 17.1. The van der Waals surface area contributed by atoms with Crippen LogP contribution in [0.15, 0.2) is 18.2 Å². The average molecular weight is 227 g/mol. The first-order valence-corrected chi connectivity index (χ1v) is 5.02. The molecule has 1 atom stereocenters. The number of halogens is 1. The van der Waals surface area contributed by atoms with Crippen LogP contribution in [0.5, 0.6) is 5.75 Å². The van der Waals surface area contributed by atoms with E-state index < -0.39 is 12.9 Å². The Bertz CT molecular complexity index is 347. The summed E-state index contributed by atoms with van der Waals surface area (Å²) in [4.78, 5) is 0. The fourth-order valence-corrected chi connectivity index (χ4v) is 1.32. The van der Waals surface area contributed by atoms with Crippen LogP contribution in [0, 0.1) is 5.82 Å². The Hall–Kier alpha value is -1.11. The highest BCUT2D eigenvalue weighted by molar-refractivity contribution is 6.40. The molecule has 1 aromatic carbocycles. The molecule has 0 spiro atoms. The number of benzene rings is 1. The Morgan fingerprint density at radius 1 is 1.50 bits per heavy atom. The van der Waals surface area contributed by atoms with E-state index in [-0.39, 0.29) is 18.3 Å². The van der Waals surface area contributed by atoms with Gasteiger partial charge in [0, 0.05) is 6.04 Å². The summed E-state index contributed by atoms with van der Waals surface area (Å²) < 4.78 is 18.3. The van der Waals surface area contributed by atoms with E-state index >= 15 is 0 Å². The van der Waals surface area contributed by atoms with Crippen molar-refractivity contribution in [1.29, 1.82) is 0 Å². The van der Waals surface area contributed by atoms with E-state index in [4.69, 9.17) is 20.5 Å². The summed E-state index contributed by atoms with van der Waals surface area (Å²) in [6.07, 6.45) is 0.583. The van der Waals surface area contributed by atoms with E-state index in [1.54, 1.807) is 6.07 Å². The zero-order valence-electron chi connectivity index (χ0n) is 9.06. The molecule has 0 saturated carbocycles. The molecule has 16 heavy (non-hydrogen) atoms. The van der Waals surface area contributed by atoms with Crippen molar-refractivity contribution in [2.24, 2.45) is 5.73 Å². The second-order valence-corrected chi connectivity index (χ2v) is 3.74. The van der Waals surface area contributed by atoms with Gasteiger partial charge in [0.2, 0.25) is 0 Å². The lowest BCUT2D eigenvalue weighted by atomic mass is 9.95. The van der Waals surface area contributed by atoms with Crippen LogP contribution in [-0.4, -0.2) is 29.7 Å². The molecule has 4 nitrogen and oxygen atoms in total. The topological polar surface area (TPSA) is 75.7 Å². The molecule has 0 saturated heterocycles. The lowest BCUT2D eigenvalue weighted by Gasteiger charge is -2.09. The van der Waals surface area contributed by atoms with Crippen LogP contribution in [0.1, 0.15) is 12.5 Å². The number of rotatable bonds is 5. The third-order valence-corrected chi connectivity index (χ3v) is 1.94. The van der Waals surface area contributed by atoms with E-state index in [0.29, 0.717) is 6.42 Å². The molecule has 0 amide bonds. The predicted molar refractivity (Wildman–Crippen MR) is 59.4 cm³/mol. The van der Waals surface area contributed by atoms with E-state index in [9.17, 15) is 4.39 Å². The maximum atomic E-state index is 13.4. The lowest BCUT2D eigenvalue weighted by Crippen LogP contribution is -2.22. The van der Waals surface area contributed by atoms with Crippen molar-refractivity contribution in [1.82, 2.24) is 0 Å². The van der Waals surface area contributed by atoms with Crippen molar-refractivity contribution in [3.05, 3.63) is 29.6 Å². The van der Waals surface area contributed by atoms with Crippen LogP contribution in [-0.2, 0) is 6.42 Å². The molecule has 4 N–H and O–H groups in total. The molecular weight excluding hydrogens is 212 g/mol. The fourth-order valence-electron chi connectivity index (χ4n) is 1.32. The quantitative estimate of drug-likeness (QED) is 0.624. The van der Waals surface area contributed by atoms with Crippen molar-refractivity contribution in [3.63, 3.8) is 0 Å². The maximum absolute atomic E-state index is 13.4. The van der Waals surface area contributed by atoms with Crippen molar-refractivity contribution in [2.75, 3.05) is 6.51 Å². The predicted octanol–water partition coefficient (Wildman–Crippen LogP) is 0.106. The number of hydrogen-bond acceptors (Lipinski definition) is 4. The van der Waals surface area contributed by atoms with Crippen LogP contribution in [0.25, 0.3) is 0 Å². The molecule has 1 rings (SSSR count). The summed E-state index contributed by atoms with van der Waals surface area (Å²) in [5.41, 5.74) is 6.37. The van der Waals surface area contributed by atoms with Gasteiger partial charge in [-0.15, -0.1) is 0 Å². The van der Waals surface area contributed by atoms with Gasteiger partial charge < -0.3 is 20.5 Å². The highest BCUT2D eigenvalue weighted by atomic mass is 19.1. The third-order valence-electron chi connectivity index (χ3n) is 1.94. The molecule has 0 bridgehead atoms. The SMILES string of the molecule is C[C@@H](N)Cc1ccc(OCB(O)O)c(F)c1. The highest BCUT2D eigenvalue weighted by Gasteiger charge is 2.11. The molecule has 0 radical (unpaired) electrons. The van der Waals surface area contributed by atoms with Crippen LogP contribution in [0.2, 0.25) is 0 Å². The minimum atomic E-state index is -1.61. The highest BCUT2D eigenvalue weighted by Crippen LogP contribution is 2.18. The second-order valence-electron chi connectivity index (χ2n) is 3.74. The average Bonchev–Trinajstić information content (AvgIpc) is 2.15. The Kier molecular flexibility index (Phi) is 4.73. The van der Waals surface area contributed by atoms with Gasteiger partial charge in [0.25, 0.3) is 0 Å². The first kappa shape index (κ1) is 13.0. The van der Waals surface area contributed by atoms with Gasteiger partial charge in [-0.3, -0.25) is 0 Å². The van der Waals surface area contributed by atoms with Crippen molar-refractivity contribution in [3.8, 4) is 5.75 Å². The number of nitrogens with two attached hydrogens (primary N) is 1. The minimum Gasteiger partial charge on any atom is -0.493 e. The zero-order valence-corrected chi connectivity index (χ0v) is 9.06. The summed E-state index contributed by atoms with van der Waals surface area (Å²) in [6.45, 7) is 1.48. The minimum absolute atomic E-state index is 0.00141. The Morgan fingerprint density at radius 3 is 2.69 bits per heavy atom. The van der Waals surface area contributed by atoms with Crippen LogP contribution in [0.3, 0.4) is 0 Å². The van der Waals surface area contributed by atoms with Gasteiger partial charge >= 0.3 is 7.12 Å². The molecule has 0 aliphatic heterocycles. The first-order chi connectivity index (χ1) is 7.49. The van der Waals surface area contributed by atoms with Crippen LogP contribution in [0.4, 0.5) is 4.39 Å². The molecule has 0 aromatic heterocycles. The van der Waals surface area contributed by atoms with Crippen LogP contribution >= 0.6 is 0 Å². The molecule has 0 heterocycles. The Labute approximate surface area is 94.0 Å². The molecule has 0 aliphatic rings. The molecule has 1 aromatic rings. The molecule has 0 aliphatic carbocycles. The van der Waals surface area contributed by atoms with Crippen molar-refractivity contribution >= 4 is 7.12 Å².